The van der Waals surface area contributed by atoms with Crippen molar-refractivity contribution in [3.8, 4) is 0 Å². The lowest BCUT2D eigenvalue weighted by atomic mass is 9.99. The van der Waals surface area contributed by atoms with Gasteiger partial charge in [0.05, 0.1) is 23.2 Å². The van der Waals surface area contributed by atoms with Crippen LogP contribution in [0.15, 0.2) is 47.5 Å². The van der Waals surface area contributed by atoms with Crippen molar-refractivity contribution in [3.05, 3.63) is 59.4 Å². The largest absolute Gasteiger partial charge is 0.392 e. The molecule has 2 aromatic carbocycles. The number of carbonyl (C=O) groups excluding carboxylic acids is 3. The molecule has 0 bridgehead atoms. The van der Waals surface area contributed by atoms with Gasteiger partial charge in [-0.1, -0.05) is 12.1 Å². The van der Waals surface area contributed by atoms with Gasteiger partial charge in [0.2, 0.25) is 5.91 Å². The topological polar surface area (TPSA) is 140 Å². The number of rotatable bonds is 4. The maximum atomic E-state index is 14.6. The van der Waals surface area contributed by atoms with Crippen molar-refractivity contribution in [2.75, 3.05) is 30.0 Å². The van der Waals surface area contributed by atoms with E-state index in [0.29, 0.717) is 11.3 Å². The maximum Gasteiger partial charge on any atom is 0.341 e. The van der Waals surface area contributed by atoms with Gasteiger partial charge in [-0.15, -0.1) is 0 Å². The Bertz CT molecular complexity index is 1090. The van der Waals surface area contributed by atoms with Gasteiger partial charge >= 0.3 is 12.1 Å². The first-order valence-corrected chi connectivity index (χ1v) is 9.71. The van der Waals surface area contributed by atoms with Crippen LogP contribution in [0.2, 0.25) is 0 Å². The van der Waals surface area contributed by atoms with Crippen LogP contribution in [-0.2, 0) is 4.79 Å². The first-order chi connectivity index (χ1) is 15.2. The molecule has 1 atom stereocenters. The molecular weight excluding hydrogens is 419 g/mol. The number of hydrazine groups is 1. The van der Waals surface area contributed by atoms with Crippen LogP contribution in [-0.4, -0.2) is 55.0 Å². The number of anilines is 2. The lowest BCUT2D eigenvalue weighted by Gasteiger charge is -2.25. The van der Waals surface area contributed by atoms with E-state index in [9.17, 15) is 23.9 Å². The summed E-state index contributed by atoms with van der Waals surface area (Å²) in [7, 11) is 1.56. The number of fused-ring (bicyclic) bond motifs is 1. The smallest absolute Gasteiger partial charge is 0.341 e. The number of carbonyl (C=O) groups is 3. The van der Waals surface area contributed by atoms with E-state index in [0.717, 1.165) is 5.01 Å². The monoisotopic (exact) mass is 442 g/mol. The first-order valence-electron chi connectivity index (χ1n) is 9.71. The normalized spacial score (nSPS) is 14.1. The molecule has 10 nitrogen and oxygen atoms in total. The van der Waals surface area contributed by atoms with E-state index < -0.39 is 24.0 Å². The van der Waals surface area contributed by atoms with Crippen LogP contribution in [0.3, 0.4) is 0 Å². The molecule has 0 spiro atoms. The van der Waals surface area contributed by atoms with Crippen molar-refractivity contribution in [3.63, 3.8) is 0 Å². The van der Waals surface area contributed by atoms with E-state index in [1.165, 1.54) is 42.2 Å². The Labute approximate surface area is 183 Å². The molecule has 0 aromatic heterocycles. The quantitative estimate of drug-likeness (QED) is 0.527. The number of aliphatic imine (C=N–C) groups is 1. The van der Waals surface area contributed by atoms with Crippen LogP contribution >= 0.6 is 0 Å². The van der Waals surface area contributed by atoms with Crippen molar-refractivity contribution >= 4 is 35.1 Å². The number of hydrogen-bond acceptors (Lipinski definition) is 5. The zero-order valence-electron chi connectivity index (χ0n) is 17.5. The second kappa shape index (κ2) is 9.43. The highest BCUT2D eigenvalue weighted by molar-refractivity contribution is 6.20. The van der Waals surface area contributed by atoms with Crippen molar-refractivity contribution in [1.82, 2.24) is 10.7 Å². The summed E-state index contributed by atoms with van der Waals surface area (Å²) >= 11 is 0. The maximum absolute atomic E-state index is 14.6. The molecule has 5 N–H and O–H groups in total. The summed E-state index contributed by atoms with van der Waals surface area (Å²) in [6.07, 6.45) is -0.819. The Morgan fingerprint density at radius 2 is 2.00 bits per heavy atom. The number of nitrogens with two attached hydrogens (primary N) is 1. The Morgan fingerprint density at radius 1 is 1.28 bits per heavy atom. The fourth-order valence-electron chi connectivity index (χ4n) is 3.16. The number of likely N-dealkylation sites (N-methyl/N-ethyl adjacent to an activating group) is 1. The van der Waals surface area contributed by atoms with E-state index in [2.05, 4.69) is 15.7 Å². The number of nitrogens with one attached hydrogen (secondary N) is 2. The molecule has 32 heavy (non-hydrogen) atoms. The van der Waals surface area contributed by atoms with Gasteiger partial charge in [-0.25, -0.2) is 24.4 Å². The zero-order valence-corrected chi connectivity index (χ0v) is 17.5. The van der Waals surface area contributed by atoms with Gasteiger partial charge in [-0.3, -0.25) is 9.79 Å². The summed E-state index contributed by atoms with van der Waals surface area (Å²) in [5.74, 6) is -0.825. The van der Waals surface area contributed by atoms with Gasteiger partial charge < -0.3 is 21.1 Å². The molecule has 0 saturated carbocycles. The molecule has 0 aliphatic carbocycles. The SMILES string of the molecule is CC(O)CNC(=O)N(NC(N)=O)c1ccc2c(c1)C(c1ccccc1F)=NCC(=O)N2C. The summed E-state index contributed by atoms with van der Waals surface area (Å²) in [6.45, 7) is 1.22. The van der Waals surface area contributed by atoms with Crippen LogP contribution in [0.1, 0.15) is 18.1 Å². The number of amides is 5. The molecule has 1 aliphatic rings. The highest BCUT2D eigenvalue weighted by Crippen LogP contribution is 2.30. The molecule has 0 radical (unpaired) electrons. The Morgan fingerprint density at radius 3 is 2.66 bits per heavy atom. The zero-order chi connectivity index (χ0) is 23.4. The first kappa shape index (κ1) is 22.7. The highest BCUT2D eigenvalue weighted by Gasteiger charge is 2.26. The predicted molar refractivity (Wildman–Crippen MR) is 117 cm³/mol. The van der Waals surface area contributed by atoms with Crippen LogP contribution in [0.25, 0.3) is 0 Å². The molecule has 2 aromatic rings. The minimum atomic E-state index is -0.998. The number of benzene rings is 2. The van der Waals surface area contributed by atoms with Crippen molar-refractivity contribution in [2.45, 2.75) is 13.0 Å². The number of urea groups is 2. The summed E-state index contributed by atoms with van der Waals surface area (Å²) < 4.78 is 14.6. The van der Waals surface area contributed by atoms with E-state index in [4.69, 9.17) is 5.73 Å². The van der Waals surface area contributed by atoms with E-state index in [1.807, 2.05) is 0 Å². The molecule has 5 amide bonds. The minimum absolute atomic E-state index is 0.0696. The van der Waals surface area contributed by atoms with Gasteiger partial charge in [-0.2, -0.15) is 0 Å². The second-order valence-electron chi connectivity index (χ2n) is 7.15. The van der Waals surface area contributed by atoms with Crippen LogP contribution in [0.4, 0.5) is 25.4 Å². The van der Waals surface area contributed by atoms with Gasteiger partial charge in [-0.05, 0) is 37.3 Å². The number of primary amides is 1. The Balaban J connectivity index is 2.12. The molecule has 1 aliphatic heterocycles. The van der Waals surface area contributed by atoms with E-state index in [1.54, 1.807) is 19.2 Å². The Hall–Kier alpha value is -3.99. The molecule has 1 heterocycles. The van der Waals surface area contributed by atoms with Crippen molar-refractivity contribution in [1.29, 1.82) is 0 Å². The third-order valence-corrected chi connectivity index (χ3v) is 4.70. The summed E-state index contributed by atoms with van der Waals surface area (Å²) in [5.41, 5.74) is 8.84. The number of hydrogen-bond donors (Lipinski definition) is 4. The Kier molecular flexibility index (Phi) is 6.69. The average molecular weight is 442 g/mol. The van der Waals surface area contributed by atoms with E-state index >= 15 is 0 Å². The van der Waals surface area contributed by atoms with Gasteiger partial charge in [0.25, 0.3) is 0 Å². The van der Waals surface area contributed by atoms with E-state index in [-0.39, 0.29) is 36.0 Å². The van der Waals surface area contributed by atoms with Crippen LogP contribution < -0.4 is 26.4 Å². The fraction of sp³-hybridized carbons (Fsp3) is 0.238. The molecule has 1 unspecified atom stereocenters. The highest BCUT2D eigenvalue weighted by atomic mass is 19.1. The number of aliphatic hydroxyl groups is 1. The number of halogens is 1. The minimum Gasteiger partial charge on any atom is -0.392 e. The molecular formula is C21H23FN6O4. The number of benzodiazepines with no additional fused rings is 1. The second-order valence-corrected chi connectivity index (χ2v) is 7.15. The van der Waals surface area contributed by atoms with Crippen molar-refractivity contribution in [2.24, 2.45) is 10.7 Å². The lowest BCUT2D eigenvalue weighted by molar-refractivity contribution is -0.116. The molecule has 11 heteroatoms. The number of aliphatic hydroxyl groups excluding tert-OH is 1. The van der Waals surface area contributed by atoms with Gasteiger partial charge in [0.15, 0.2) is 0 Å². The average Bonchev–Trinajstić information content (AvgIpc) is 2.87. The lowest BCUT2D eigenvalue weighted by Crippen LogP contribution is -2.53. The van der Waals surface area contributed by atoms with Gasteiger partial charge in [0, 0.05) is 24.7 Å². The molecule has 168 valence electrons. The predicted octanol–water partition coefficient (Wildman–Crippen LogP) is 1.12. The molecule has 0 saturated heterocycles. The fourth-order valence-corrected chi connectivity index (χ4v) is 3.16. The summed E-state index contributed by atoms with van der Waals surface area (Å²) in [4.78, 5) is 42.2. The van der Waals surface area contributed by atoms with Crippen molar-refractivity contribution < 1.29 is 23.9 Å². The standard InChI is InChI=1S/C21H23FN6O4/c1-12(29)10-25-21(32)28(26-20(23)31)13-7-8-17-15(9-13)19(24-11-18(30)27(17)2)14-5-3-4-6-16(14)22/h3-9,12,29H,10-11H2,1-2H3,(H,25,32)(H3,23,26,31). The molecule has 3 rings (SSSR count). The summed E-state index contributed by atoms with van der Waals surface area (Å²) in [5, 5.41) is 12.7. The summed E-state index contributed by atoms with van der Waals surface area (Å²) in [6, 6.07) is 8.79. The molecule has 0 fully saturated rings. The third-order valence-electron chi connectivity index (χ3n) is 4.70. The van der Waals surface area contributed by atoms with Crippen LogP contribution in [0.5, 0.6) is 0 Å². The van der Waals surface area contributed by atoms with Crippen LogP contribution in [0, 0.1) is 5.82 Å². The number of nitrogens with zero attached hydrogens (tertiary/aromatic N) is 3. The third kappa shape index (κ3) is 4.83. The van der Waals surface area contributed by atoms with Gasteiger partial charge in [0.1, 0.15) is 12.4 Å².